The van der Waals surface area contributed by atoms with E-state index in [-0.39, 0.29) is 103 Å². The van der Waals surface area contributed by atoms with Gasteiger partial charge in [0.05, 0.1) is 32.8 Å². The third kappa shape index (κ3) is 7.35. The first-order valence-electron chi connectivity index (χ1n) is 11.8. The molecule has 0 aliphatic rings. The summed E-state index contributed by atoms with van der Waals surface area (Å²) >= 11 is 0.993. The number of benzene rings is 1. The van der Waals surface area contributed by atoms with Crippen LogP contribution in [0.3, 0.4) is 0 Å². The number of carboxylic acids is 1. The molecule has 0 saturated carbocycles. The second kappa shape index (κ2) is 13.8. The Morgan fingerprint density at radius 2 is 2.07 bits per heavy atom. The van der Waals surface area contributed by atoms with Crippen molar-refractivity contribution in [2.75, 3.05) is 12.3 Å². The summed E-state index contributed by atoms with van der Waals surface area (Å²) in [6, 6.07) is 8.23. The van der Waals surface area contributed by atoms with Gasteiger partial charge in [0, 0.05) is 30.2 Å². The molecule has 1 amide bonds. The van der Waals surface area contributed by atoms with Crippen LogP contribution in [-0.2, 0) is 14.9 Å². The second-order valence-corrected chi connectivity index (χ2v) is 11.3. The van der Waals surface area contributed by atoms with Crippen LogP contribution in [0, 0.1) is 24.8 Å². The van der Waals surface area contributed by atoms with E-state index in [2.05, 4.69) is 35.6 Å². The van der Waals surface area contributed by atoms with Gasteiger partial charge in [-0.15, -0.1) is 21.5 Å². The summed E-state index contributed by atoms with van der Waals surface area (Å²) in [6.07, 6.45) is -0.477. The Hall–Kier alpha value is -3.33. The number of aromatic amines is 1. The third-order valence-electron chi connectivity index (χ3n) is 5.89. The van der Waals surface area contributed by atoms with Gasteiger partial charge < -0.3 is 15.0 Å². The molecule has 210 valence electrons. The van der Waals surface area contributed by atoms with E-state index in [0.717, 1.165) is 11.3 Å². The summed E-state index contributed by atoms with van der Waals surface area (Å²) in [6.45, 7) is 10.9. The van der Waals surface area contributed by atoms with Crippen molar-refractivity contribution in [3.05, 3.63) is 57.5 Å². The van der Waals surface area contributed by atoms with Crippen LogP contribution in [0.5, 0.6) is 0 Å². The molecule has 3 heterocycles. The zero-order valence-electron chi connectivity index (χ0n) is 22.4. The average molecular weight is 634 g/mol. The van der Waals surface area contributed by atoms with Gasteiger partial charge in [0.15, 0.2) is 11.5 Å². The van der Waals surface area contributed by atoms with E-state index in [1.165, 1.54) is 10.7 Å². The molecule has 0 bridgehead atoms. The summed E-state index contributed by atoms with van der Waals surface area (Å²) in [5, 5.41) is 37.7. The molecule has 0 saturated heterocycles. The number of carbonyl (C=O) groups excluding carboxylic acids is 1. The van der Waals surface area contributed by atoms with Crippen molar-refractivity contribution >= 4 is 55.4 Å². The first kappa shape index (κ1) is 33.2. The van der Waals surface area contributed by atoms with Crippen LogP contribution in [0.2, 0.25) is 0 Å². The number of fused-ring (bicyclic) bond motifs is 1. The summed E-state index contributed by atoms with van der Waals surface area (Å²) < 4.78 is 33.6. The van der Waals surface area contributed by atoms with Gasteiger partial charge in [-0.05, 0) is 18.6 Å². The maximum absolute atomic E-state index is 11.9. The van der Waals surface area contributed by atoms with Gasteiger partial charge in [-0.1, -0.05) is 25.1 Å². The summed E-state index contributed by atoms with van der Waals surface area (Å²) in [4.78, 5) is 32.1. The van der Waals surface area contributed by atoms with E-state index < -0.39 is 40.1 Å². The zero-order valence-corrected chi connectivity index (χ0v) is 27.2. The predicted molar refractivity (Wildman–Crippen MR) is 145 cm³/mol. The van der Waals surface area contributed by atoms with Crippen molar-refractivity contribution in [2.45, 2.75) is 26.2 Å². The fraction of sp³-hybridized carbons (Fsp3) is 0.250. The van der Waals surface area contributed by atoms with Crippen molar-refractivity contribution in [2.24, 2.45) is 10.2 Å². The van der Waals surface area contributed by atoms with Crippen LogP contribution in [0.15, 0.2) is 34.5 Å². The fourth-order valence-corrected chi connectivity index (χ4v) is 5.07. The monoisotopic (exact) mass is 633 g/mol. The van der Waals surface area contributed by atoms with E-state index in [4.69, 9.17) is 6.57 Å². The Kier molecular flexibility index (Phi) is 10.9. The molecule has 3 aromatic heterocycles. The van der Waals surface area contributed by atoms with Gasteiger partial charge in [-0.3, -0.25) is 9.89 Å². The number of carboxylic acid groups (broad SMARTS) is 1. The average Bonchev–Trinajstić information content (AvgIpc) is 3.59. The largest absolute Gasteiger partial charge is 1.00 e. The Bertz CT molecular complexity index is 1900. The van der Waals surface area contributed by atoms with Crippen molar-refractivity contribution < 1.29 is 79.1 Å². The number of carbonyl (C=O) groups is 2. The molecule has 4 rings (SSSR count). The number of aromatic nitrogens is 4. The Morgan fingerprint density at radius 1 is 1.36 bits per heavy atom. The Balaban J connectivity index is 0.00000484. The third-order valence-corrected chi connectivity index (χ3v) is 7.67. The van der Waals surface area contributed by atoms with E-state index in [0.29, 0.717) is 10.4 Å². The minimum atomic E-state index is -4.52. The summed E-state index contributed by atoms with van der Waals surface area (Å²) in [5.74, 6) is -2.81. The topological polar surface area (TPSA) is 222 Å². The molecular formula is C24H20KN9O6S2. The standard InChI is InChI=1S/C24H21N9O6S2.K/c1-12(11-27-17(34)8-9-41(37,38)39)21-28-22-20(29-30-23-18(26-3)13(2)16(10-25)40-23)19(31-33(22)32-21)14-6-4-5-7-15(14)24(35)36;/h4-7,12,31H,8-9,11H2,1-2H3,(H,27,34)(H,35,36)(H,37,38,39);/q;+1/p-1. The molecule has 0 radical (unpaired) electrons. The van der Waals surface area contributed by atoms with E-state index in [1.807, 2.05) is 6.07 Å². The predicted octanol–water partition coefficient (Wildman–Crippen LogP) is 0.789. The molecule has 15 nitrogen and oxygen atoms in total. The normalized spacial score (nSPS) is 12.0. The van der Waals surface area contributed by atoms with Crippen LogP contribution >= 0.6 is 11.3 Å². The molecule has 18 heteroatoms. The van der Waals surface area contributed by atoms with Crippen molar-refractivity contribution in [1.29, 1.82) is 5.26 Å². The summed E-state index contributed by atoms with van der Waals surface area (Å²) in [5.41, 5.74) is 1.44. The molecule has 1 atom stereocenters. The van der Waals surface area contributed by atoms with Crippen molar-refractivity contribution in [3.63, 3.8) is 0 Å². The number of hydrogen-bond donors (Lipinski definition) is 3. The number of hydrogen-bond acceptors (Lipinski definition) is 11. The number of azo groups is 1. The SMILES string of the molecule is [C-]#[N+]c1c(N=Nc2c(-c3ccccc3C(=O)O)[nH]n3nc(C(C)CNC(=O)CCS(=O)(=O)[O-])nc23)sc(C#N)c1C.[K+]. The molecule has 0 aliphatic heterocycles. The molecule has 0 spiro atoms. The van der Waals surface area contributed by atoms with Gasteiger partial charge in [0.1, 0.15) is 11.1 Å². The number of nitrogens with one attached hydrogen (secondary N) is 2. The molecule has 1 unspecified atom stereocenters. The molecule has 4 aromatic rings. The van der Waals surface area contributed by atoms with Crippen LogP contribution in [0.25, 0.3) is 21.7 Å². The second-order valence-electron chi connectivity index (χ2n) is 8.74. The number of nitrogens with zero attached hydrogens (tertiary/aromatic N) is 7. The Morgan fingerprint density at radius 3 is 2.71 bits per heavy atom. The molecule has 3 N–H and O–H groups in total. The number of nitriles is 1. The van der Waals surface area contributed by atoms with Crippen LogP contribution in [-0.4, -0.2) is 62.1 Å². The van der Waals surface area contributed by atoms with Gasteiger partial charge in [0.2, 0.25) is 17.2 Å². The van der Waals surface area contributed by atoms with Crippen LogP contribution in [0.4, 0.5) is 16.4 Å². The molecule has 1 aromatic carbocycles. The number of aromatic carboxylic acids is 1. The molecule has 0 fully saturated rings. The van der Waals surface area contributed by atoms with Gasteiger partial charge >= 0.3 is 57.4 Å². The first-order chi connectivity index (χ1) is 19.4. The van der Waals surface area contributed by atoms with Crippen LogP contribution in [0.1, 0.15) is 45.9 Å². The number of rotatable bonds is 10. The van der Waals surface area contributed by atoms with Crippen LogP contribution < -0.4 is 56.7 Å². The number of thiophene rings is 1. The zero-order chi connectivity index (χ0) is 29.9. The minimum absolute atomic E-state index is 0. The maximum Gasteiger partial charge on any atom is 1.00 e. The van der Waals surface area contributed by atoms with E-state index >= 15 is 0 Å². The number of amides is 1. The summed E-state index contributed by atoms with van der Waals surface area (Å²) in [7, 11) is -4.52. The Labute approximate surface area is 285 Å². The van der Waals surface area contributed by atoms with E-state index in [1.54, 1.807) is 32.0 Å². The number of H-pyrrole nitrogens is 1. The fourth-order valence-electron chi connectivity index (χ4n) is 3.76. The van der Waals surface area contributed by atoms with Crippen molar-refractivity contribution in [3.8, 4) is 17.3 Å². The molecule has 42 heavy (non-hydrogen) atoms. The maximum atomic E-state index is 11.9. The van der Waals surface area contributed by atoms with E-state index in [9.17, 15) is 32.9 Å². The van der Waals surface area contributed by atoms with Gasteiger partial charge in [0.25, 0.3) is 0 Å². The quantitative estimate of drug-likeness (QED) is 0.0970. The smallest absolute Gasteiger partial charge is 0.748 e. The molecular weight excluding hydrogens is 614 g/mol. The van der Waals surface area contributed by atoms with Crippen molar-refractivity contribution in [1.82, 2.24) is 25.1 Å². The molecule has 0 aliphatic carbocycles. The minimum Gasteiger partial charge on any atom is -0.748 e. The first-order valence-corrected chi connectivity index (χ1v) is 14.2. The van der Waals surface area contributed by atoms with Gasteiger partial charge in [-0.25, -0.2) is 23.0 Å². The van der Waals surface area contributed by atoms with Gasteiger partial charge in [-0.2, -0.15) is 15.0 Å².